The number of alkyl halides is 3. The number of carbonyl (C=O) groups is 2. The van der Waals surface area contributed by atoms with Gasteiger partial charge in [-0.3, -0.25) is 4.79 Å². The minimum Gasteiger partial charge on any atom is -0.481 e. The molecule has 1 fully saturated rings. The van der Waals surface area contributed by atoms with Crippen LogP contribution in [0.25, 0.3) is 0 Å². The summed E-state index contributed by atoms with van der Waals surface area (Å²) < 4.78 is 39.7. The van der Waals surface area contributed by atoms with Crippen LogP contribution >= 0.6 is 0 Å². The van der Waals surface area contributed by atoms with E-state index < -0.39 is 36.7 Å². The molecule has 0 heterocycles. The number of ether oxygens (including phenoxy) is 1. The average molecular weight is 312 g/mol. The minimum absolute atomic E-state index is 0.0770. The number of urea groups is 1. The molecular formula is C12H19F3N2O4. The van der Waals surface area contributed by atoms with Crippen molar-refractivity contribution < 1.29 is 32.6 Å². The molecule has 21 heavy (non-hydrogen) atoms. The summed E-state index contributed by atoms with van der Waals surface area (Å²) in [6, 6.07) is -1.05. The summed E-state index contributed by atoms with van der Waals surface area (Å²) >= 11 is 0. The molecule has 0 bridgehead atoms. The first-order valence-electron chi connectivity index (χ1n) is 6.71. The molecule has 1 aliphatic carbocycles. The van der Waals surface area contributed by atoms with E-state index in [4.69, 9.17) is 5.11 Å². The molecule has 1 saturated carbocycles. The molecule has 0 aromatic carbocycles. The van der Waals surface area contributed by atoms with E-state index in [1.807, 2.05) is 0 Å². The topological polar surface area (TPSA) is 87.7 Å². The Bertz CT molecular complexity index is 363. The van der Waals surface area contributed by atoms with E-state index >= 15 is 0 Å². The number of carbonyl (C=O) groups excluding carboxylic acids is 1. The molecular weight excluding hydrogens is 293 g/mol. The van der Waals surface area contributed by atoms with E-state index in [0.29, 0.717) is 12.8 Å². The van der Waals surface area contributed by atoms with Gasteiger partial charge in [0, 0.05) is 12.6 Å². The maximum absolute atomic E-state index is 11.8. The SMILES string of the molecule is O=C(NCCOCC(F)(F)F)NC1CCCCC1C(=O)O. The lowest BCUT2D eigenvalue weighted by atomic mass is 9.84. The van der Waals surface area contributed by atoms with Gasteiger partial charge in [0.15, 0.2) is 0 Å². The lowest BCUT2D eigenvalue weighted by molar-refractivity contribution is -0.173. The summed E-state index contributed by atoms with van der Waals surface area (Å²) in [5.41, 5.74) is 0. The Morgan fingerprint density at radius 3 is 2.52 bits per heavy atom. The van der Waals surface area contributed by atoms with E-state index in [1.165, 1.54) is 0 Å². The standard InChI is InChI=1S/C12H19F3N2O4/c13-12(14,15)7-21-6-5-16-11(20)17-9-4-2-1-3-8(9)10(18)19/h8-9H,1-7H2,(H,18,19)(H2,16,17,20). The fourth-order valence-electron chi connectivity index (χ4n) is 2.24. The van der Waals surface area contributed by atoms with Crippen LogP contribution in [0.15, 0.2) is 0 Å². The number of halogens is 3. The third-order valence-corrected chi connectivity index (χ3v) is 3.20. The van der Waals surface area contributed by atoms with Crippen LogP contribution in [0.1, 0.15) is 25.7 Å². The van der Waals surface area contributed by atoms with Gasteiger partial charge in [-0.05, 0) is 12.8 Å². The zero-order valence-electron chi connectivity index (χ0n) is 11.4. The summed E-state index contributed by atoms with van der Waals surface area (Å²) in [6.07, 6.45) is -1.66. The lowest BCUT2D eigenvalue weighted by Gasteiger charge is -2.29. The van der Waals surface area contributed by atoms with Crippen molar-refractivity contribution in [2.24, 2.45) is 5.92 Å². The smallest absolute Gasteiger partial charge is 0.411 e. The highest BCUT2D eigenvalue weighted by Gasteiger charge is 2.31. The van der Waals surface area contributed by atoms with Crippen molar-refractivity contribution >= 4 is 12.0 Å². The van der Waals surface area contributed by atoms with Gasteiger partial charge >= 0.3 is 18.2 Å². The molecule has 6 nitrogen and oxygen atoms in total. The fourth-order valence-corrected chi connectivity index (χ4v) is 2.24. The summed E-state index contributed by atoms with van der Waals surface area (Å²) in [5.74, 6) is -1.57. The second-order valence-corrected chi connectivity index (χ2v) is 4.90. The first kappa shape index (κ1) is 17.5. The van der Waals surface area contributed by atoms with Gasteiger partial charge in [-0.2, -0.15) is 13.2 Å². The third kappa shape index (κ3) is 7.16. The number of aliphatic carboxylic acids is 1. The van der Waals surface area contributed by atoms with Gasteiger partial charge < -0.3 is 20.5 Å². The summed E-state index contributed by atoms with van der Waals surface area (Å²) in [6.45, 7) is -1.70. The number of nitrogens with one attached hydrogen (secondary N) is 2. The highest BCUT2D eigenvalue weighted by Crippen LogP contribution is 2.24. The van der Waals surface area contributed by atoms with Crippen molar-refractivity contribution in [1.82, 2.24) is 10.6 Å². The molecule has 1 aliphatic rings. The quantitative estimate of drug-likeness (QED) is 0.649. The second kappa shape index (κ2) is 8.06. The van der Waals surface area contributed by atoms with Crippen LogP contribution in [-0.2, 0) is 9.53 Å². The minimum atomic E-state index is -4.39. The number of carboxylic acid groups (broad SMARTS) is 1. The van der Waals surface area contributed by atoms with E-state index in [-0.39, 0.29) is 13.2 Å². The van der Waals surface area contributed by atoms with E-state index in [2.05, 4.69) is 15.4 Å². The van der Waals surface area contributed by atoms with Crippen molar-refractivity contribution in [3.8, 4) is 0 Å². The molecule has 3 N–H and O–H groups in total. The number of rotatable bonds is 6. The summed E-state index contributed by atoms with van der Waals surface area (Å²) in [7, 11) is 0. The predicted octanol–water partition coefficient (Wildman–Crippen LogP) is 1.51. The molecule has 0 aromatic heterocycles. The molecule has 0 saturated heterocycles. The van der Waals surface area contributed by atoms with Crippen LogP contribution in [0.3, 0.4) is 0 Å². The zero-order chi connectivity index (χ0) is 15.9. The molecule has 9 heteroatoms. The van der Waals surface area contributed by atoms with Crippen molar-refractivity contribution in [3.63, 3.8) is 0 Å². The first-order valence-corrected chi connectivity index (χ1v) is 6.71. The molecule has 0 radical (unpaired) electrons. The average Bonchev–Trinajstić information content (AvgIpc) is 2.37. The Morgan fingerprint density at radius 2 is 1.90 bits per heavy atom. The zero-order valence-corrected chi connectivity index (χ0v) is 11.4. The van der Waals surface area contributed by atoms with Crippen LogP contribution in [0, 0.1) is 5.92 Å². The maximum atomic E-state index is 11.8. The highest BCUT2D eigenvalue weighted by atomic mass is 19.4. The fraction of sp³-hybridized carbons (Fsp3) is 0.833. The molecule has 0 spiro atoms. The van der Waals surface area contributed by atoms with Crippen molar-refractivity contribution in [2.75, 3.05) is 19.8 Å². The molecule has 0 aromatic rings. The number of hydrogen-bond donors (Lipinski definition) is 3. The van der Waals surface area contributed by atoms with E-state index in [1.54, 1.807) is 0 Å². The van der Waals surface area contributed by atoms with Gasteiger partial charge in [-0.15, -0.1) is 0 Å². The van der Waals surface area contributed by atoms with Crippen LogP contribution < -0.4 is 10.6 Å². The molecule has 2 amide bonds. The second-order valence-electron chi connectivity index (χ2n) is 4.90. The highest BCUT2D eigenvalue weighted by molar-refractivity contribution is 5.76. The van der Waals surface area contributed by atoms with Crippen molar-refractivity contribution in [2.45, 2.75) is 37.9 Å². The molecule has 2 atom stereocenters. The van der Waals surface area contributed by atoms with Crippen molar-refractivity contribution in [1.29, 1.82) is 0 Å². The van der Waals surface area contributed by atoms with Gasteiger partial charge in [0.2, 0.25) is 0 Å². The van der Waals surface area contributed by atoms with Gasteiger partial charge in [0.05, 0.1) is 12.5 Å². The Morgan fingerprint density at radius 1 is 1.24 bits per heavy atom. The third-order valence-electron chi connectivity index (χ3n) is 3.20. The van der Waals surface area contributed by atoms with Gasteiger partial charge in [0.25, 0.3) is 0 Å². The number of carboxylic acids is 1. The van der Waals surface area contributed by atoms with Crippen LogP contribution in [0.5, 0.6) is 0 Å². The number of amides is 2. The Balaban J connectivity index is 2.22. The Hall–Kier alpha value is -1.51. The summed E-state index contributed by atoms with van der Waals surface area (Å²) in [4.78, 5) is 22.6. The Kier molecular flexibility index (Phi) is 6.73. The summed E-state index contributed by atoms with van der Waals surface area (Å²) in [5, 5.41) is 13.9. The predicted molar refractivity (Wildman–Crippen MR) is 66.8 cm³/mol. The molecule has 122 valence electrons. The normalized spacial score (nSPS) is 22.6. The monoisotopic (exact) mass is 312 g/mol. The largest absolute Gasteiger partial charge is 0.481 e. The lowest BCUT2D eigenvalue weighted by Crippen LogP contribution is -2.49. The van der Waals surface area contributed by atoms with E-state index in [0.717, 1.165) is 12.8 Å². The van der Waals surface area contributed by atoms with Gasteiger partial charge in [-0.25, -0.2) is 4.79 Å². The Labute approximate surface area is 120 Å². The maximum Gasteiger partial charge on any atom is 0.411 e. The number of hydrogen-bond acceptors (Lipinski definition) is 3. The van der Waals surface area contributed by atoms with E-state index in [9.17, 15) is 22.8 Å². The molecule has 1 rings (SSSR count). The van der Waals surface area contributed by atoms with Gasteiger partial charge in [0.1, 0.15) is 6.61 Å². The molecule has 2 unspecified atom stereocenters. The van der Waals surface area contributed by atoms with Crippen molar-refractivity contribution in [3.05, 3.63) is 0 Å². The van der Waals surface area contributed by atoms with Crippen LogP contribution in [0.4, 0.5) is 18.0 Å². The molecule has 0 aliphatic heterocycles. The first-order chi connectivity index (χ1) is 9.79. The van der Waals surface area contributed by atoms with Crippen LogP contribution in [0.2, 0.25) is 0 Å². The van der Waals surface area contributed by atoms with Gasteiger partial charge in [-0.1, -0.05) is 12.8 Å². The van der Waals surface area contributed by atoms with Crippen LogP contribution in [-0.4, -0.2) is 49.1 Å².